The van der Waals surface area contributed by atoms with E-state index in [1.54, 1.807) is 24.3 Å². The summed E-state index contributed by atoms with van der Waals surface area (Å²) in [5.41, 5.74) is 5.29. The lowest BCUT2D eigenvalue weighted by Crippen LogP contribution is -2.36. The van der Waals surface area contributed by atoms with Crippen molar-refractivity contribution in [3.05, 3.63) is 29.8 Å². The van der Waals surface area contributed by atoms with Gasteiger partial charge in [0.05, 0.1) is 32.5 Å². The number of thioether (sulfide) groups is 1. The Morgan fingerprint density at radius 3 is 2.64 bits per heavy atom. The third-order valence-electron chi connectivity index (χ3n) is 7.10. The van der Waals surface area contributed by atoms with Gasteiger partial charge in [0.25, 0.3) is 5.91 Å². The number of thiocyanates is 1. The number of hydrogen-bond donors (Lipinski definition) is 5. The van der Waals surface area contributed by atoms with Gasteiger partial charge in [0.15, 0.2) is 5.34 Å². The first-order valence-electron chi connectivity index (χ1n) is 16.4. The van der Waals surface area contributed by atoms with E-state index in [1.807, 2.05) is 17.9 Å². The van der Waals surface area contributed by atoms with Crippen LogP contribution in [-0.4, -0.2) is 134 Å². The molecule has 0 spiro atoms. The highest BCUT2D eigenvalue weighted by Crippen LogP contribution is 2.51. The zero-order chi connectivity index (χ0) is 39.1. The Hall–Kier alpha value is -1.27. The van der Waals surface area contributed by atoms with Crippen LogP contribution in [0.3, 0.4) is 0 Å². The maximum atomic E-state index is 12.3. The molecule has 2 amide bonds. The van der Waals surface area contributed by atoms with E-state index in [1.165, 1.54) is 57.0 Å². The smallest absolute Gasteiger partial charge is 0.356 e. The minimum atomic E-state index is -4.54. The molecule has 2 rings (SSSR count). The number of ether oxygens (including phenoxy) is 6. The molecule has 1 saturated heterocycles. The summed E-state index contributed by atoms with van der Waals surface area (Å²) in [5.74, 6) is 6.31. The third-order valence-corrected chi connectivity index (χ3v) is 13.3. The van der Waals surface area contributed by atoms with Gasteiger partial charge in [-0.05, 0) is 62.7 Å². The summed E-state index contributed by atoms with van der Waals surface area (Å²) >= 11 is 1.08. The standard InChI is InChI=1S/C31H48BN4O11PS5/c1-31(2,48(39,40)41)45-17-25-24(47-29(53-50-4)20-51-21-34)16-26(46-25)32-9-6-11-35-27(37)18-42-13-14-43-28(52-49-3)19-44-23-8-5-7-22(15-23)30(38)36-12-10-33/h5,7-8,15,24-26,28-29,32H,10-14,16-20,33H2,1-4H3,(H,35,37)(H,36,38)(H2,39,40,41)/t24-,25?,26-,28?,29+/m1/s1. The molecule has 2 unspecified atom stereocenters. The highest BCUT2D eigenvalue weighted by molar-refractivity contribution is 8.77. The molecule has 0 aromatic heterocycles. The highest BCUT2D eigenvalue weighted by atomic mass is 33.1. The molecule has 1 aliphatic rings. The molecule has 1 aromatic rings. The minimum Gasteiger partial charge on any atom is -0.490 e. The number of hydrogen-bond acceptors (Lipinski definition) is 16. The summed E-state index contributed by atoms with van der Waals surface area (Å²) < 4.78 is 47.0. The summed E-state index contributed by atoms with van der Waals surface area (Å²) in [7, 11) is 1.78. The number of amides is 2. The number of carbonyl (C=O) groups is 2. The Labute approximate surface area is 332 Å². The summed E-state index contributed by atoms with van der Waals surface area (Å²) in [6, 6.07) is 6.51. The van der Waals surface area contributed by atoms with Gasteiger partial charge in [0.1, 0.15) is 41.3 Å². The Morgan fingerprint density at radius 1 is 1.19 bits per heavy atom. The van der Waals surface area contributed by atoms with E-state index < -0.39 is 25.1 Å². The van der Waals surface area contributed by atoms with Crippen molar-refractivity contribution in [2.45, 2.75) is 54.7 Å². The largest absolute Gasteiger partial charge is 0.490 e. The van der Waals surface area contributed by atoms with Crippen LogP contribution in [-0.2, 0) is 33.0 Å². The van der Waals surface area contributed by atoms with E-state index in [2.05, 4.69) is 22.4 Å². The average molecular weight is 855 g/mol. The van der Waals surface area contributed by atoms with Crippen molar-refractivity contribution in [1.82, 2.24) is 10.6 Å². The van der Waals surface area contributed by atoms with Crippen LogP contribution >= 0.6 is 62.5 Å². The zero-order valence-electron chi connectivity index (χ0n) is 30.1. The van der Waals surface area contributed by atoms with Gasteiger partial charge in [-0.25, -0.2) is 0 Å². The molecule has 1 heterocycles. The van der Waals surface area contributed by atoms with Crippen molar-refractivity contribution in [2.24, 2.45) is 5.73 Å². The summed E-state index contributed by atoms with van der Waals surface area (Å²) in [4.78, 5) is 43.7. The van der Waals surface area contributed by atoms with Crippen molar-refractivity contribution in [3.8, 4) is 22.9 Å². The first-order chi connectivity index (χ1) is 25.3. The van der Waals surface area contributed by atoms with Crippen molar-refractivity contribution >= 4 is 81.6 Å². The van der Waals surface area contributed by atoms with E-state index in [-0.39, 0.29) is 68.3 Å². The van der Waals surface area contributed by atoms with Gasteiger partial charge in [-0.1, -0.05) is 55.2 Å². The predicted octanol–water partition coefficient (Wildman–Crippen LogP) is 2.62. The predicted molar refractivity (Wildman–Crippen MR) is 216 cm³/mol. The maximum absolute atomic E-state index is 12.3. The molecule has 6 N–H and O–H groups in total. The third kappa shape index (κ3) is 19.4. The van der Waals surface area contributed by atoms with Crippen LogP contribution in [0.5, 0.6) is 5.75 Å². The van der Waals surface area contributed by atoms with E-state index in [0.29, 0.717) is 43.9 Å². The quantitative estimate of drug-likeness (QED) is 0.0172. The van der Waals surface area contributed by atoms with Crippen molar-refractivity contribution in [1.29, 1.82) is 5.26 Å². The fraction of sp³-hybridized carbons (Fsp3) is 0.645. The van der Waals surface area contributed by atoms with Crippen LogP contribution in [0.15, 0.2) is 24.3 Å². The summed E-state index contributed by atoms with van der Waals surface area (Å²) in [6.07, 6.45) is 3.24. The zero-order valence-corrected chi connectivity index (χ0v) is 35.0. The number of nitriles is 1. The fourth-order valence-electron chi connectivity index (χ4n) is 4.33. The molecule has 22 heteroatoms. The maximum Gasteiger partial charge on any atom is 0.356 e. The molecule has 0 bridgehead atoms. The SMILES string of the molecule is CSSC(COc1cccc(C(=O)NCCN)c1)OCCOCC(=O)NCC#CB[C@H]1C[C@@H](O[C@H](CSC#N)SSC)C(COC(C)(C)P(=O)(O)O)O1. The molecule has 1 fully saturated rings. The van der Waals surface area contributed by atoms with E-state index in [9.17, 15) is 23.9 Å². The number of benzene rings is 1. The lowest BCUT2D eigenvalue weighted by atomic mass is 9.71. The Kier molecular flexibility index (Phi) is 24.0. The van der Waals surface area contributed by atoms with Gasteiger partial charge in [-0.2, -0.15) is 11.1 Å². The van der Waals surface area contributed by atoms with Crippen molar-refractivity contribution in [3.63, 3.8) is 0 Å². The molecule has 53 heavy (non-hydrogen) atoms. The molecule has 296 valence electrons. The Balaban J connectivity index is 1.75. The Bertz CT molecular complexity index is 1420. The number of nitrogens with one attached hydrogen (secondary N) is 2. The van der Waals surface area contributed by atoms with Crippen LogP contribution < -0.4 is 21.1 Å². The van der Waals surface area contributed by atoms with Gasteiger partial charge in [-0.15, -0.1) is 0 Å². The monoisotopic (exact) mass is 854 g/mol. The van der Waals surface area contributed by atoms with Crippen LogP contribution in [0.1, 0.15) is 30.6 Å². The van der Waals surface area contributed by atoms with Crippen molar-refractivity contribution in [2.75, 3.05) is 70.9 Å². The molecule has 0 aliphatic carbocycles. The molecule has 1 aliphatic heterocycles. The molecule has 0 saturated carbocycles. The highest BCUT2D eigenvalue weighted by Gasteiger charge is 2.43. The fourth-order valence-corrected chi connectivity index (χ4v) is 8.43. The van der Waals surface area contributed by atoms with Gasteiger partial charge < -0.3 is 54.6 Å². The first-order valence-corrected chi connectivity index (χ1v) is 24.2. The molecular weight excluding hydrogens is 806 g/mol. The normalized spacial score (nSPS) is 18.3. The van der Waals surface area contributed by atoms with Crippen LogP contribution in [0.4, 0.5) is 0 Å². The minimum absolute atomic E-state index is 0.103. The topological polar surface area (TPSA) is 221 Å². The van der Waals surface area contributed by atoms with Gasteiger partial charge >= 0.3 is 7.60 Å². The Morgan fingerprint density at radius 2 is 1.94 bits per heavy atom. The molecule has 0 radical (unpaired) electrons. The van der Waals surface area contributed by atoms with Crippen molar-refractivity contribution < 1.29 is 52.4 Å². The number of carbonyl (C=O) groups excluding carboxylic acids is 2. The number of nitrogens with two attached hydrogens (primary N) is 1. The first kappa shape index (κ1) is 47.9. The lowest BCUT2D eigenvalue weighted by Gasteiger charge is -2.29. The summed E-state index contributed by atoms with van der Waals surface area (Å²) in [5, 5.41) is 14.7. The van der Waals surface area contributed by atoms with Crippen LogP contribution in [0, 0.1) is 22.4 Å². The second kappa shape index (κ2) is 26.6. The molecule has 5 atom stereocenters. The summed E-state index contributed by atoms with van der Waals surface area (Å²) in [6.45, 7) is 3.86. The van der Waals surface area contributed by atoms with E-state index in [4.69, 9.17) is 39.4 Å². The molecule has 15 nitrogen and oxygen atoms in total. The van der Waals surface area contributed by atoms with E-state index >= 15 is 0 Å². The number of nitrogens with zero attached hydrogens (tertiary/aromatic N) is 1. The van der Waals surface area contributed by atoms with Gasteiger partial charge in [0, 0.05) is 30.4 Å². The van der Waals surface area contributed by atoms with Gasteiger partial charge in [0.2, 0.25) is 13.2 Å². The van der Waals surface area contributed by atoms with E-state index in [0.717, 1.165) is 11.8 Å². The second-order valence-electron chi connectivity index (χ2n) is 11.4. The number of rotatable bonds is 26. The molecular formula is C31H48BN4O11PS5. The van der Waals surface area contributed by atoms with Crippen LogP contribution in [0.25, 0.3) is 0 Å². The average Bonchev–Trinajstić information content (AvgIpc) is 3.51. The second-order valence-corrected chi connectivity index (χ2v) is 19.7. The van der Waals surface area contributed by atoms with Crippen LogP contribution in [0.2, 0.25) is 0 Å². The van der Waals surface area contributed by atoms with Gasteiger partial charge in [-0.3, -0.25) is 14.2 Å². The molecule has 1 aromatic carbocycles. The lowest BCUT2D eigenvalue weighted by molar-refractivity contribution is -0.126.